The Morgan fingerprint density at radius 1 is 0.732 bits per heavy atom. The molecule has 214 valence electrons. The maximum Gasteiger partial charge on any atom is 0.339 e. The Labute approximate surface area is 236 Å². The van der Waals surface area contributed by atoms with Crippen LogP contribution in [0.25, 0.3) is 0 Å². The van der Waals surface area contributed by atoms with Crippen LogP contribution in [-0.4, -0.2) is 31.2 Å². The minimum Gasteiger partial charge on any atom is -0.372 e. The van der Waals surface area contributed by atoms with Gasteiger partial charge in [0.1, 0.15) is 10.1 Å². The summed E-state index contributed by atoms with van der Waals surface area (Å²) >= 11 is 0. The summed E-state index contributed by atoms with van der Waals surface area (Å²) in [5, 5.41) is 20.5. The molecule has 1 N–H and O–H groups in total. The summed E-state index contributed by atoms with van der Waals surface area (Å²) < 4.78 is 61.7. The van der Waals surface area contributed by atoms with E-state index in [-0.39, 0.29) is 28.3 Å². The lowest BCUT2D eigenvalue weighted by Gasteiger charge is -2.14. The Kier molecular flexibility index (Phi) is 9.89. The van der Waals surface area contributed by atoms with Gasteiger partial charge in [-0.1, -0.05) is 78.4 Å². The molecule has 0 fully saturated rings. The first-order valence-corrected chi connectivity index (χ1v) is 14.7. The van der Waals surface area contributed by atoms with Crippen LogP contribution in [0.2, 0.25) is 0 Å². The van der Waals surface area contributed by atoms with Crippen LogP contribution >= 0.6 is 0 Å². The number of nitrogens with zero attached hydrogens (tertiary/aromatic N) is 2. The largest absolute Gasteiger partial charge is 0.372 e. The third-order valence-electron chi connectivity index (χ3n) is 5.67. The predicted octanol–water partition coefficient (Wildman–Crippen LogP) is 5.44. The van der Waals surface area contributed by atoms with E-state index >= 15 is 0 Å². The zero-order valence-corrected chi connectivity index (χ0v) is 23.1. The Morgan fingerprint density at radius 2 is 1.24 bits per heavy atom. The molecule has 0 spiro atoms. The first kappa shape index (κ1) is 30.9. The molecule has 0 aliphatic rings. The highest BCUT2D eigenvalue weighted by Crippen LogP contribution is 2.33. The van der Waals surface area contributed by atoms with Gasteiger partial charge in [0.2, 0.25) is 5.75 Å². The molecular weight excluding hydrogens is 576 g/mol. The summed E-state index contributed by atoms with van der Waals surface area (Å²) in [6, 6.07) is 25.5. The molecule has 1 unspecified atom stereocenters. The molecule has 0 aliphatic heterocycles. The van der Waals surface area contributed by atoms with Gasteiger partial charge in [-0.25, -0.2) is 0 Å². The number of nitro benzene ring substituents is 2. The van der Waals surface area contributed by atoms with E-state index in [1.807, 2.05) is 6.92 Å². The van der Waals surface area contributed by atoms with Crippen LogP contribution in [0.4, 0.5) is 11.4 Å². The van der Waals surface area contributed by atoms with Crippen molar-refractivity contribution in [2.45, 2.75) is 23.5 Å². The van der Waals surface area contributed by atoms with Crippen molar-refractivity contribution < 1.29 is 35.4 Å². The maximum atomic E-state index is 12.0. The lowest BCUT2D eigenvalue weighted by Crippen LogP contribution is -2.16. The molecular formula is C27H24N2O10S2. The fourth-order valence-electron chi connectivity index (χ4n) is 3.68. The SMILES string of the molecule is Cc1ccc(S(=O)(=O)Oc2ccccc2[N+](=O)[O-])cc1.O=[N+]([O-])c1ccccc1C(Cc1ccccc1)S(=O)(=O)O. The van der Waals surface area contributed by atoms with E-state index in [0.29, 0.717) is 5.56 Å². The zero-order chi connectivity index (χ0) is 30.2. The molecule has 0 heterocycles. The number of aryl methyl sites for hydroxylation is 1. The smallest absolute Gasteiger partial charge is 0.339 e. The van der Waals surface area contributed by atoms with Crippen molar-refractivity contribution in [2.75, 3.05) is 0 Å². The van der Waals surface area contributed by atoms with Crippen LogP contribution in [0.3, 0.4) is 0 Å². The molecule has 0 bridgehead atoms. The van der Waals surface area contributed by atoms with E-state index in [1.165, 1.54) is 60.7 Å². The highest BCUT2D eigenvalue weighted by atomic mass is 32.2. The number of hydrogen-bond donors (Lipinski definition) is 1. The van der Waals surface area contributed by atoms with Crippen LogP contribution < -0.4 is 4.18 Å². The van der Waals surface area contributed by atoms with E-state index in [4.69, 9.17) is 4.18 Å². The minimum absolute atomic E-state index is 0.0196. The number of benzene rings is 4. The van der Waals surface area contributed by atoms with Crippen LogP contribution in [0.15, 0.2) is 108 Å². The molecule has 0 saturated carbocycles. The third-order valence-corrected chi connectivity index (χ3v) is 8.06. The molecule has 14 heteroatoms. The summed E-state index contributed by atoms with van der Waals surface area (Å²) in [6.07, 6.45) is -0.0372. The summed E-state index contributed by atoms with van der Waals surface area (Å²) in [4.78, 5) is 20.5. The van der Waals surface area contributed by atoms with Crippen molar-refractivity contribution in [3.8, 4) is 5.75 Å². The molecule has 12 nitrogen and oxygen atoms in total. The molecule has 4 rings (SSSR count). The van der Waals surface area contributed by atoms with Gasteiger partial charge in [-0.15, -0.1) is 0 Å². The van der Waals surface area contributed by atoms with Gasteiger partial charge in [0.25, 0.3) is 15.8 Å². The fraction of sp³-hybridized carbons (Fsp3) is 0.111. The van der Waals surface area contributed by atoms with Crippen LogP contribution in [0, 0.1) is 27.2 Å². The second kappa shape index (κ2) is 13.1. The number of nitro groups is 2. The van der Waals surface area contributed by atoms with Gasteiger partial charge in [-0.2, -0.15) is 16.8 Å². The Bertz CT molecular complexity index is 1740. The van der Waals surface area contributed by atoms with Gasteiger partial charge in [0.15, 0.2) is 0 Å². The molecule has 0 aliphatic carbocycles. The number of rotatable bonds is 9. The first-order valence-electron chi connectivity index (χ1n) is 11.8. The van der Waals surface area contributed by atoms with Crippen molar-refractivity contribution in [3.05, 3.63) is 140 Å². The Balaban J connectivity index is 0.000000226. The summed E-state index contributed by atoms with van der Waals surface area (Å²) in [5.74, 6) is -0.307. The van der Waals surface area contributed by atoms with E-state index < -0.39 is 41.0 Å². The molecule has 4 aromatic carbocycles. The highest BCUT2D eigenvalue weighted by molar-refractivity contribution is 7.87. The number of para-hydroxylation sites is 3. The normalized spacial score (nSPS) is 12.0. The van der Waals surface area contributed by atoms with Crippen molar-refractivity contribution in [1.82, 2.24) is 0 Å². The van der Waals surface area contributed by atoms with Crippen LogP contribution in [-0.2, 0) is 26.7 Å². The molecule has 4 aromatic rings. The summed E-state index contributed by atoms with van der Waals surface area (Å²) in [6.45, 7) is 1.82. The summed E-state index contributed by atoms with van der Waals surface area (Å²) in [7, 11) is -8.57. The van der Waals surface area contributed by atoms with Crippen LogP contribution in [0.1, 0.15) is 21.9 Å². The van der Waals surface area contributed by atoms with Gasteiger partial charge in [0, 0.05) is 12.1 Å². The Hall–Kier alpha value is -4.66. The van der Waals surface area contributed by atoms with Crippen molar-refractivity contribution in [2.24, 2.45) is 0 Å². The van der Waals surface area contributed by atoms with Gasteiger partial charge >= 0.3 is 15.8 Å². The topological polar surface area (TPSA) is 184 Å². The van der Waals surface area contributed by atoms with Gasteiger partial charge < -0.3 is 4.18 Å². The average molecular weight is 601 g/mol. The van der Waals surface area contributed by atoms with Gasteiger partial charge in [0.05, 0.1) is 15.4 Å². The van der Waals surface area contributed by atoms with Crippen molar-refractivity contribution in [3.63, 3.8) is 0 Å². The lowest BCUT2D eigenvalue weighted by molar-refractivity contribution is -0.385. The average Bonchev–Trinajstić information content (AvgIpc) is 2.92. The number of hydrogen-bond acceptors (Lipinski definition) is 9. The quantitative estimate of drug-likeness (QED) is 0.112. The van der Waals surface area contributed by atoms with Crippen molar-refractivity contribution in [1.29, 1.82) is 0 Å². The zero-order valence-electron chi connectivity index (χ0n) is 21.4. The van der Waals surface area contributed by atoms with E-state index in [9.17, 15) is 41.6 Å². The predicted molar refractivity (Wildman–Crippen MR) is 150 cm³/mol. The van der Waals surface area contributed by atoms with Crippen LogP contribution in [0.5, 0.6) is 5.75 Å². The molecule has 0 saturated heterocycles. The highest BCUT2D eigenvalue weighted by Gasteiger charge is 2.31. The molecule has 41 heavy (non-hydrogen) atoms. The van der Waals surface area contributed by atoms with Gasteiger partial charge in [-0.05, 0) is 37.1 Å². The third kappa shape index (κ3) is 8.41. The maximum absolute atomic E-state index is 12.0. The lowest BCUT2D eigenvalue weighted by atomic mass is 10.0. The van der Waals surface area contributed by atoms with E-state index in [1.54, 1.807) is 42.5 Å². The second-order valence-electron chi connectivity index (χ2n) is 8.58. The molecule has 1 atom stereocenters. The van der Waals surface area contributed by atoms with Crippen molar-refractivity contribution >= 4 is 31.6 Å². The standard InChI is InChI=1S/C14H13NO5S.C13H11NO5S/c16-15(17)13-9-5-4-8-12(13)14(21(18,19)20)10-11-6-2-1-3-7-11;1-10-6-8-11(9-7-10)20(17,18)19-13-5-3-2-4-12(13)14(15)16/h1-9,14H,10H2,(H,18,19,20);2-9H,1H3. The monoisotopic (exact) mass is 600 g/mol. The molecule has 0 radical (unpaired) electrons. The summed E-state index contributed by atoms with van der Waals surface area (Å²) in [5.41, 5.74) is 0.820. The van der Waals surface area contributed by atoms with E-state index in [0.717, 1.165) is 5.56 Å². The van der Waals surface area contributed by atoms with E-state index in [2.05, 4.69) is 0 Å². The first-order chi connectivity index (χ1) is 19.3. The van der Waals surface area contributed by atoms with Gasteiger partial charge in [-0.3, -0.25) is 24.8 Å². The fourth-order valence-corrected chi connectivity index (χ4v) is 5.55. The second-order valence-corrected chi connectivity index (χ2v) is 11.7. The Morgan fingerprint density at radius 3 is 1.80 bits per heavy atom. The minimum atomic E-state index is -4.48. The molecule has 0 aromatic heterocycles. The molecule has 0 amide bonds.